The minimum Gasteiger partial charge on any atom is -0.404 e. The van der Waals surface area contributed by atoms with Crippen LogP contribution < -0.4 is 14.5 Å². The molecule has 5 rings (SSSR count). The molecule has 0 radical (unpaired) electrons. The highest BCUT2D eigenvalue weighted by atomic mass is 19.4. The third-order valence-corrected chi connectivity index (χ3v) is 8.39. The summed E-state index contributed by atoms with van der Waals surface area (Å²) in [6.45, 7) is 6.72. The van der Waals surface area contributed by atoms with Crippen LogP contribution in [0.25, 0.3) is 0 Å². The molecule has 1 atom stereocenters. The molecule has 0 aliphatic carbocycles. The molecular weight excluding hydrogens is 545 g/mol. The van der Waals surface area contributed by atoms with Gasteiger partial charge >= 0.3 is 6.36 Å². The lowest BCUT2D eigenvalue weighted by molar-refractivity contribution is -0.274. The number of aliphatic hydroxyl groups is 1. The summed E-state index contributed by atoms with van der Waals surface area (Å²) in [7, 11) is 0. The molecule has 2 saturated heterocycles. The van der Waals surface area contributed by atoms with Crippen LogP contribution in [0.2, 0.25) is 0 Å². The maximum atomic E-state index is 13.7. The van der Waals surface area contributed by atoms with Crippen molar-refractivity contribution in [1.29, 1.82) is 0 Å². The maximum absolute atomic E-state index is 13.7. The molecule has 0 saturated carbocycles. The average molecular weight is 583 g/mol. The van der Waals surface area contributed by atoms with Crippen LogP contribution in [0, 0.1) is 19.8 Å². The number of piperidine rings is 1. The number of ether oxygens (including phenoxy) is 1. The zero-order valence-electron chi connectivity index (χ0n) is 24.0. The summed E-state index contributed by atoms with van der Waals surface area (Å²) < 4.78 is 43.0. The molecule has 2 aromatic carbocycles. The number of rotatable bonds is 7. The quantitative estimate of drug-likeness (QED) is 0.404. The predicted molar refractivity (Wildman–Crippen MR) is 156 cm³/mol. The summed E-state index contributed by atoms with van der Waals surface area (Å²) in [4.78, 5) is 24.0. The van der Waals surface area contributed by atoms with Crippen LogP contribution in [0.3, 0.4) is 0 Å². The number of hydrogen-bond donors (Lipinski definition) is 1. The second kappa shape index (κ2) is 12.6. The van der Waals surface area contributed by atoms with Crippen molar-refractivity contribution in [3.05, 3.63) is 83.0 Å². The van der Waals surface area contributed by atoms with Crippen LogP contribution >= 0.6 is 0 Å². The molecule has 3 aromatic rings. The van der Waals surface area contributed by atoms with E-state index in [1.54, 1.807) is 24.4 Å². The van der Waals surface area contributed by atoms with Gasteiger partial charge in [0.05, 0.1) is 18.3 Å². The van der Waals surface area contributed by atoms with Gasteiger partial charge in [-0.2, -0.15) is 0 Å². The van der Waals surface area contributed by atoms with Gasteiger partial charge in [0.2, 0.25) is 0 Å². The van der Waals surface area contributed by atoms with Gasteiger partial charge in [-0.1, -0.05) is 24.3 Å². The van der Waals surface area contributed by atoms with Crippen LogP contribution in [0.15, 0.2) is 60.8 Å². The fourth-order valence-electron chi connectivity index (χ4n) is 6.16. The lowest BCUT2D eigenvalue weighted by atomic mass is 9.86. The van der Waals surface area contributed by atoms with Crippen LogP contribution in [0.1, 0.15) is 39.9 Å². The standard InChI is InChI=1S/C32H37F3N4O3/c1-22-17-23(2)27(31(41)38-15-16-39(26(20-38)21-40)30-9-5-6-12-36-30)19-25(22)18-24-10-13-37(14-11-24)28-7-3-4-8-29(28)42-32(33,34)35/h3-9,12,17,19,24,26,40H,10-11,13-16,18,20-21H2,1-2H3/t26-/m0/s1. The second-order valence-electron chi connectivity index (χ2n) is 11.2. The zero-order valence-corrected chi connectivity index (χ0v) is 24.0. The summed E-state index contributed by atoms with van der Waals surface area (Å²) in [6.07, 6.45) is -0.565. The lowest BCUT2D eigenvalue weighted by Crippen LogP contribution is -2.56. The van der Waals surface area contributed by atoms with Crippen molar-refractivity contribution in [2.75, 3.05) is 49.1 Å². The number of aryl methyl sites for hydroxylation is 2. The molecule has 0 bridgehead atoms. The summed E-state index contributed by atoms with van der Waals surface area (Å²) >= 11 is 0. The number of nitrogens with zero attached hydrogens (tertiary/aromatic N) is 4. The Bertz CT molecular complexity index is 1380. The third kappa shape index (κ3) is 6.81. The van der Waals surface area contributed by atoms with Crippen molar-refractivity contribution in [1.82, 2.24) is 9.88 Å². The number of anilines is 2. The molecule has 224 valence electrons. The molecule has 2 aliphatic heterocycles. The molecule has 1 aromatic heterocycles. The van der Waals surface area contributed by atoms with Crippen molar-refractivity contribution in [2.45, 2.75) is 45.5 Å². The van der Waals surface area contributed by atoms with Gasteiger partial charge < -0.3 is 24.5 Å². The Morgan fingerprint density at radius 2 is 1.74 bits per heavy atom. The van der Waals surface area contributed by atoms with E-state index in [0.29, 0.717) is 49.9 Å². The van der Waals surface area contributed by atoms with Crippen molar-refractivity contribution in [3.63, 3.8) is 0 Å². The molecule has 7 nitrogen and oxygen atoms in total. The summed E-state index contributed by atoms with van der Waals surface area (Å²) in [5, 5.41) is 10.1. The summed E-state index contributed by atoms with van der Waals surface area (Å²) in [5.41, 5.74) is 4.30. The first-order valence-corrected chi connectivity index (χ1v) is 14.4. The highest BCUT2D eigenvalue weighted by Crippen LogP contribution is 2.36. The number of alkyl halides is 3. The molecule has 0 unspecified atom stereocenters. The van der Waals surface area contributed by atoms with Gasteiger partial charge in [-0.05, 0) is 86.1 Å². The molecule has 42 heavy (non-hydrogen) atoms. The first-order chi connectivity index (χ1) is 20.1. The smallest absolute Gasteiger partial charge is 0.404 e. The molecule has 1 N–H and O–H groups in total. The third-order valence-electron chi connectivity index (χ3n) is 8.39. The Balaban J connectivity index is 1.24. The van der Waals surface area contributed by atoms with E-state index >= 15 is 0 Å². The van der Waals surface area contributed by atoms with Crippen LogP contribution in [0.4, 0.5) is 24.7 Å². The number of benzene rings is 2. The van der Waals surface area contributed by atoms with Crippen molar-refractivity contribution in [2.24, 2.45) is 5.92 Å². The number of pyridine rings is 1. The van der Waals surface area contributed by atoms with Gasteiger partial charge in [-0.3, -0.25) is 4.79 Å². The van der Waals surface area contributed by atoms with Gasteiger partial charge in [0.1, 0.15) is 5.82 Å². The number of halogens is 3. The SMILES string of the molecule is Cc1cc(C)c(C(=O)N2CCN(c3ccccn3)[C@H](CO)C2)cc1CC1CCN(c2ccccc2OC(F)(F)F)CC1. The molecule has 0 spiro atoms. The predicted octanol–water partition coefficient (Wildman–Crippen LogP) is 5.38. The van der Waals surface area contributed by atoms with Gasteiger partial charge in [0, 0.05) is 44.5 Å². The topological polar surface area (TPSA) is 69.1 Å². The molecule has 3 heterocycles. The first-order valence-electron chi connectivity index (χ1n) is 14.4. The molecular formula is C32H37F3N4O3. The van der Waals surface area contributed by atoms with E-state index in [4.69, 9.17) is 0 Å². The van der Waals surface area contributed by atoms with E-state index in [-0.39, 0.29) is 24.3 Å². The minimum absolute atomic E-state index is 0.0380. The van der Waals surface area contributed by atoms with Gasteiger partial charge in [0.25, 0.3) is 5.91 Å². The molecule has 2 fully saturated rings. The summed E-state index contributed by atoms with van der Waals surface area (Å²) in [6, 6.07) is 15.8. The van der Waals surface area contributed by atoms with Gasteiger partial charge in [-0.15, -0.1) is 13.2 Å². The number of carbonyl (C=O) groups excluding carboxylic acids is 1. The van der Waals surface area contributed by atoms with Crippen LogP contribution in [-0.2, 0) is 6.42 Å². The van der Waals surface area contributed by atoms with Crippen molar-refractivity contribution >= 4 is 17.4 Å². The Labute approximate surface area is 244 Å². The van der Waals surface area contributed by atoms with Gasteiger partial charge in [-0.25, -0.2) is 4.98 Å². The fourth-order valence-corrected chi connectivity index (χ4v) is 6.16. The fraction of sp³-hybridized carbons (Fsp3) is 0.438. The van der Waals surface area contributed by atoms with E-state index in [9.17, 15) is 23.1 Å². The summed E-state index contributed by atoms with van der Waals surface area (Å²) in [5.74, 6) is 0.927. The monoisotopic (exact) mass is 582 g/mol. The van der Waals surface area contributed by atoms with Crippen LogP contribution in [0.5, 0.6) is 5.75 Å². The van der Waals surface area contributed by atoms with Crippen molar-refractivity contribution < 1.29 is 27.8 Å². The Morgan fingerprint density at radius 1 is 1.00 bits per heavy atom. The second-order valence-corrected chi connectivity index (χ2v) is 11.2. The molecule has 10 heteroatoms. The maximum Gasteiger partial charge on any atom is 0.573 e. The Morgan fingerprint density at radius 3 is 2.43 bits per heavy atom. The number of para-hydroxylation sites is 2. The first kappa shape index (κ1) is 29.7. The van der Waals surface area contributed by atoms with E-state index < -0.39 is 6.36 Å². The minimum atomic E-state index is -4.74. The number of aromatic nitrogens is 1. The lowest BCUT2D eigenvalue weighted by Gasteiger charge is -2.41. The van der Waals surface area contributed by atoms with E-state index in [1.165, 1.54) is 6.07 Å². The zero-order chi connectivity index (χ0) is 29.9. The van der Waals surface area contributed by atoms with Crippen molar-refractivity contribution in [3.8, 4) is 5.75 Å². The molecule has 2 aliphatic rings. The van der Waals surface area contributed by atoms with E-state index in [2.05, 4.69) is 27.6 Å². The normalized spacial score (nSPS) is 18.3. The highest BCUT2D eigenvalue weighted by Gasteiger charge is 2.34. The number of carbonyl (C=O) groups is 1. The highest BCUT2D eigenvalue weighted by molar-refractivity contribution is 5.96. The van der Waals surface area contributed by atoms with E-state index in [1.807, 2.05) is 41.0 Å². The number of aliphatic hydroxyl groups excluding tert-OH is 1. The number of piperazine rings is 1. The Hall–Kier alpha value is -3.79. The largest absolute Gasteiger partial charge is 0.573 e. The average Bonchev–Trinajstić information content (AvgIpc) is 2.98. The van der Waals surface area contributed by atoms with E-state index in [0.717, 1.165) is 41.8 Å². The van der Waals surface area contributed by atoms with Crippen LogP contribution in [-0.4, -0.2) is 72.6 Å². The van der Waals surface area contributed by atoms with Gasteiger partial charge in [0.15, 0.2) is 5.75 Å². The molecule has 1 amide bonds. The number of hydrogen-bond acceptors (Lipinski definition) is 6. The Kier molecular flexibility index (Phi) is 8.91. The number of amides is 1.